The van der Waals surface area contributed by atoms with Crippen molar-refractivity contribution in [2.24, 2.45) is 11.3 Å². The molecule has 0 radical (unpaired) electrons. The smallest absolute Gasteiger partial charge is 0.206 e. The van der Waals surface area contributed by atoms with Crippen molar-refractivity contribution in [2.45, 2.75) is 40.5 Å². The standard InChI is InChI=1S/C8H17FO/c1-6(7(2,3)4)8(5,9)10/h6,10H,1-5H3. The highest BCUT2D eigenvalue weighted by atomic mass is 19.2. The van der Waals surface area contributed by atoms with Crippen LogP contribution in [0.15, 0.2) is 0 Å². The van der Waals surface area contributed by atoms with Crippen molar-refractivity contribution in [3.05, 3.63) is 0 Å². The molecular formula is C8H17FO. The lowest BCUT2D eigenvalue weighted by atomic mass is 9.78. The van der Waals surface area contributed by atoms with Crippen LogP contribution in [0.3, 0.4) is 0 Å². The monoisotopic (exact) mass is 148 g/mol. The number of hydrogen-bond acceptors (Lipinski definition) is 1. The molecule has 2 unspecified atom stereocenters. The Hall–Kier alpha value is -0.110. The van der Waals surface area contributed by atoms with Gasteiger partial charge < -0.3 is 5.11 Å². The second kappa shape index (κ2) is 2.50. The third-order valence-corrected chi connectivity index (χ3v) is 2.09. The Morgan fingerprint density at radius 3 is 1.50 bits per heavy atom. The second-order valence-electron chi connectivity index (χ2n) is 4.11. The van der Waals surface area contributed by atoms with Gasteiger partial charge in [-0.05, 0) is 12.3 Å². The number of rotatable bonds is 1. The Morgan fingerprint density at radius 2 is 1.50 bits per heavy atom. The lowest BCUT2D eigenvalue weighted by Crippen LogP contribution is -2.36. The van der Waals surface area contributed by atoms with Crippen LogP contribution in [0.4, 0.5) is 4.39 Å². The molecule has 0 aliphatic heterocycles. The van der Waals surface area contributed by atoms with E-state index >= 15 is 0 Å². The van der Waals surface area contributed by atoms with Crippen molar-refractivity contribution in [3.8, 4) is 0 Å². The first-order valence-electron chi connectivity index (χ1n) is 3.57. The molecule has 0 aromatic heterocycles. The maximum absolute atomic E-state index is 12.8. The highest BCUT2D eigenvalue weighted by Gasteiger charge is 2.36. The van der Waals surface area contributed by atoms with Crippen LogP contribution in [0.2, 0.25) is 0 Å². The summed E-state index contributed by atoms with van der Waals surface area (Å²) in [6, 6.07) is 0. The first-order valence-corrected chi connectivity index (χ1v) is 3.57. The molecule has 1 N–H and O–H groups in total. The molecule has 0 rings (SSSR count). The quantitative estimate of drug-likeness (QED) is 0.605. The molecule has 0 aliphatic carbocycles. The molecule has 62 valence electrons. The van der Waals surface area contributed by atoms with E-state index in [0.29, 0.717) is 0 Å². The number of hydrogen-bond donors (Lipinski definition) is 1. The summed E-state index contributed by atoms with van der Waals surface area (Å²) in [6.07, 6.45) is 0. The summed E-state index contributed by atoms with van der Waals surface area (Å²) in [6.45, 7) is 8.63. The zero-order valence-corrected chi connectivity index (χ0v) is 7.40. The Kier molecular flexibility index (Phi) is 2.47. The number of aliphatic hydroxyl groups is 1. The van der Waals surface area contributed by atoms with Crippen molar-refractivity contribution in [1.29, 1.82) is 0 Å². The van der Waals surface area contributed by atoms with Crippen molar-refractivity contribution in [3.63, 3.8) is 0 Å². The van der Waals surface area contributed by atoms with Gasteiger partial charge in [-0.25, -0.2) is 4.39 Å². The van der Waals surface area contributed by atoms with Crippen molar-refractivity contribution < 1.29 is 9.50 Å². The normalized spacial score (nSPS) is 21.9. The summed E-state index contributed by atoms with van der Waals surface area (Å²) in [5.41, 5.74) is -0.182. The van der Waals surface area contributed by atoms with E-state index in [9.17, 15) is 4.39 Å². The van der Waals surface area contributed by atoms with Crippen LogP contribution in [0, 0.1) is 11.3 Å². The summed E-state index contributed by atoms with van der Waals surface area (Å²) < 4.78 is 12.8. The summed E-state index contributed by atoms with van der Waals surface area (Å²) >= 11 is 0. The van der Waals surface area contributed by atoms with Gasteiger partial charge >= 0.3 is 0 Å². The summed E-state index contributed by atoms with van der Waals surface area (Å²) in [7, 11) is 0. The highest BCUT2D eigenvalue weighted by molar-refractivity contribution is 4.78. The zero-order valence-electron chi connectivity index (χ0n) is 7.40. The van der Waals surface area contributed by atoms with Gasteiger partial charge in [-0.1, -0.05) is 27.7 Å². The Bertz CT molecular complexity index is 93.4. The third-order valence-electron chi connectivity index (χ3n) is 2.09. The molecular weight excluding hydrogens is 131 g/mol. The van der Waals surface area contributed by atoms with Gasteiger partial charge in [0.05, 0.1) is 0 Å². The van der Waals surface area contributed by atoms with Gasteiger partial charge in [0.2, 0.25) is 5.85 Å². The molecule has 2 heteroatoms. The molecule has 0 bridgehead atoms. The minimum atomic E-state index is -2.06. The van der Waals surface area contributed by atoms with Crippen LogP contribution in [0.25, 0.3) is 0 Å². The fourth-order valence-corrected chi connectivity index (χ4v) is 0.790. The summed E-state index contributed by atoms with van der Waals surface area (Å²) in [4.78, 5) is 0. The first-order chi connectivity index (χ1) is 4.15. The van der Waals surface area contributed by atoms with E-state index in [-0.39, 0.29) is 11.3 Å². The van der Waals surface area contributed by atoms with E-state index in [1.807, 2.05) is 20.8 Å². The molecule has 0 saturated heterocycles. The average Bonchev–Trinajstić information content (AvgIpc) is 1.59. The zero-order chi connectivity index (χ0) is 8.58. The van der Waals surface area contributed by atoms with Gasteiger partial charge in [-0.15, -0.1) is 0 Å². The molecule has 0 heterocycles. The van der Waals surface area contributed by atoms with Gasteiger partial charge in [0.25, 0.3) is 0 Å². The molecule has 0 aromatic rings. The van der Waals surface area contributed by atoms with Gasteiger partial charge in [-0.2, -0.15) is 0 Å². The lowest BCUT2D eigenvalue weighted by molar-refractivity contribution is -0.142. The average molecular weight is 148 g/mol. The van der Waals surface area contributed by atoms with Crippen LogP contribution in [0.1, 0.15) is 34.6 Å². The SMILES string of the molecule is CC(C(C)(C)C)C(C)(O)F. The van der Waals surface area contributed by atoms with Crippen molar-refractivity contribution >= 4 is 0 Å². The Balaban J connectivity index is 4.23. The lowest BCUT2D eigenvalue weighted by Gasteiger charge is -2.33. The molecule has 0 aromatic carbocycles. The second-order valence-corrected chi connectivity index (χ2v) is 4.11. The first kappa shape index (κ1) is 9.89. The molecule has 0 amide bonds. The van der Waals surface area contributed by atoms with E-state index < -0.39 is 5.85 Å². The maximum atomic E-state index is 12.8. The van der Waals surface area contributed by atoms with Gasteiger partial charge in [0.1, 0.15) is 0 Å². The van der Waals surface area contributed by atoms with Gasteiger partial charge in [0, 0.05) is 5.92 Å². The van der Waals surface area contributed by atoms with Crippen LogP contribution >= 0.6 is 0 Å². The molecule has 2 atom stereocenters. The number of halogens is 1. The molecule has 0 fully saturated rings. The van der Waals surface area contributed by atoms with Crippen LogP contribution in [-0.2, 0) is 0 Å². The van der Waals surface area contributed by atoms with E-state index in [0.717, 1.165) is 0 Å². The maximum Gasteiger partial charge on any atom is 0.206 e. The predicted molar refractivity (Wildman–Crippen MR) is 40.4 cm³/mol. The summed E-state index contributed by atoms with van der Waals surface area (Å²) in [5, 5.41) is 8.96. The fourth-order valence-electron chi connectivity index (χ4n) is 0.790. The van der Waals surface area contributed by atoms with Crippen LogP contribution in [0.5, 0.6) is 0 Å². The largest absolute Gasteiger partial charge is 0.362 e. The minimum absolute atomic E-state index is 0.182. The van der Waals surface area contributed by atoms with E-state index in [1.54, 1.807) is 6.92 Å². The predicted octanol–water partition coefficient (Wildman–Crippen LogP) is 2.35. The molecule has 10 heavy (non-hydrogen) atoms. The Labute approximate surface area is 62.3 Å². The van der Waals surface area contributed by atoms with Gasteiger partial charge in [0.15, 0.2) is 0 Å². The van der Waals surface area contributed by atoms with Crippen LogP contribution in [-0.4, -0.2) is 11.0 Å². The third kappa shape index (κ3) is 2.65. The van der Waals surface area contributed by atoms with Crippen LogP contribution < -0.4 is 0 Å². The van der Waals surface area contributed by atoms with Crippen molar-refractivity contribution in [1.82, 2.24) is 0 Å². The van der Waals surface area contributed by atoms with Gasteiger partial charge in [-0.3, -0.25) is 0 Å². The highest BCUT2D eigenvalue weighted by Crippen LogP contribution is 2.34. The van der Waals surface area contributed by atoms with E-state index in [4.69, 9.17) is 5.11 Å². The topological polar surface area (TPSA) is 20.2 Å². The van der Waals surface area contributed by atoms with E-state index in [2.05, 4.69) is 0 Å². The Morgan fingerprint density at radius 1 is 1.20 bits per heavy atom. The van der Waals surface area contributed by atoms with Crippen molar-refractivity contribution in [2.75, 3.05) is 0 Å². The summed E-state index contributed by atoms with van der Waals surface area (Å²) in [5.74, 6) is -2.40. The molecule has 0 saturated carbocycles. The molecule has 0 spiro atoms. The molecule has 0 aliphatic rings. The molecule has 1 nitrogen and oxygen atoms in total. The van der Waals surface area contributed by atoms with E-state index in [1.165, 1.54) is 6.92 Å². The number of alkyl halides is 1. The fraction of sp³-hybridized carbons (Fsp3) is 1.00. The minimum Gasteiger partial charge on any atom is -0.362 e.